The van der Waals surface area contributed by atoms with Gasteiger partial charge in [-0.1, -0.05) is 12.1 Å². The molecule has 1 aliphatic carbocycles. The Bertz CT molecular complexity index is 823. The van der Waals surface area contributed by atoms with Gasteiger partial charge in [-0.15, -0.1) is 0 Å². The molecule has 0 radical (unpaired) electrons. The minimum absolute atomic E-state index is 0.0679. The molecule has 2 aromatic carbocycles. The molecule has 4 rings (SSSR count). The third-order valence-corrected chi connectivity index (χ3v) is 5.20. The maximum atomic E-state index is 12.6. The Balaban J connectivity index is 1.28. The Kier molecular flexibility index (Phi) is 3.83. The summed E-state index contributed by atoms with van der Waals surface area (Å²) >= 11 is 0. The SMILES string of the molecule is [C-]#[N+]c1ccc(N2CC3(CC(Oc4ccc(C(F)(F)F)cc4)C3)C2)cc1. The second-order valence-corrected chi connectivity index (χ2v) is 7.15. The Hall–Kier alpha value is -2.68. The van der Waals surface area contributed by atoms with Crippen LogP contribution < -0.4 is 9.64 Å². The van der Waals surface area contributed by atoms with Gasteiger partial charge in [0.15, 0.2) is 5.69 Å². The fourth-order valence-corrected chi connectivity index (χ4v) is 3.85. The van der Waals surface area contributed by atoms with Crippen molar-refractivity contribution in [1.82, 2.24) is 0 Å². The number of anilines is 1. The first kappa shape index (κ1) is 16.8. The van der Waals surface area contributed by atoms with Gasteiger partial charge < -0.3 is 9.64 Å². The third kappa shape index (κ3) is 3.10. The molecule has 0 unspecified atom stereocenters. The molecule has 6 heteroatoms. The molecule has 1 saturated carbocycles. The van der Waals surface area contributed by atoms with Gasteiger partial charge in [-0.25, -0.2) is 4.85 Å². The molecule has 0 aromatic heterocycles. The summed E-state index contributed by atoms with van der Waals surface area (Å²) in [6.45, 7) is 8.89. The summed E-state index contributed by atoms with van der Waals surface area (Å²) in [5.41, 5.74) is 1.36. The van der Waals surface area contributed by atoms with Gasteiger partial charge >= 0.3 is 6.18 Å². The largest absolute Gasteiger partial charge is 0.490 e. The first-order chi connectivity index (χ1) is 12.4. The molecule has 2 aromatic rings. The van der Waals surface area contributed by atoms with Gasteiger partial charge in [0.05, 0.1) is 12.1 Å². The number of nitrogens with zero attached hydrogens (tertiary/aromatic N) is 2. The second kappa shape index (κ2) is 5.94. The summed E-state index contributed by atoms with van der Waals surface area (Å²) in [4.78, 5) is 5.67. The molecule has 1 saturated heterocycles. The first-order valence-electron chi connectivity index (χ1n) is 8.43. The predicted molar refractivity (Wildman–Crippen MR) is 92.4 cm³/mol. The van der Waals surface area contributed by atoms with Gasteiger partial charge in [-0.3, -0.25) is 0 Å². The average Bonchev–Trinajstić information content (AvgIpc) is 2.55. The third-order valence-electron chi connectivity index (χ3n) is 5.20. The number of ether oxygens (including phenoxy) is 1. The van der Waals surface area contributed by atoms with E-state index in [0.29, 0.717) is 11.4 Å². The van der Waals surface area contributed by atoms with Crippen molar-refractivity contribution >= 4 is 11.4 Å². The Morgan fingerprint density at radius 3 is 2.15 bits per heavy atom. The summed E-state index contributed by atoms with van der Waals surface area (Å²) in [5, 5.41) is 0. The molecule has 0 N–H and O–H groups in total. The van der Waals surface area contributed by atoms with Gasteiger partial charge in [-0.05, 0) is 49.2 Å². The Morgan fingerprint density at radius 1 is 1.00 bits per heavy atom. The molecule has 2 aliphatic rings. The number of halogens is 3. The van der Waals surface area contributed by atoms with E-state index in [9.17, 15) is 13.2 Å². The van der Waals surface area contributed by atoms with Crippen molar-refractivity contribution in [1.29, 1.82) is 0 Å². The maximum Gasteiger partial charge on any atom is 0.416 e. The molecule has 1 heterocycles. The molecule has 26 heavy (non-hydrogen) atoms. The normalized spacial score (nSPS) is 18.8. The molecule has 1 aliphatic heterocycles. The van der Waals surface area contributed by atoms with E-state index < -0.39 is 11.7 Å². The number of rotatable bonds is 3. The maximum absolute atomic E-state index is 12.6. The van der Waals surface area contributed by atoms with E-state index in [4.69, 9.17) is 11.3 Å². The zero-order valence-electron chi connectivity index (χ0n) is 14.0. The van der Waals surface area contributed by atoms with Crippen molar-refractivity contribution in [3.63, 3.8) is 0 Å². The van der Waals surface area contributed by atoms with Gasteiger partial charge in [0.25, 0.3) is 0 Å². The second-order valence-electron chi connectivity index (χ2n) is 7.15. The van der Waals surface area contributed by atoms with Crippen LogP contribution in [-0.2, 0) is 6.18 Å². The molecule has 0 atom stereocenters. The monoisotopic (exact) mass is 358 g/mol. The van der Waals surface area contributed by atoms with Crippen LogP contribution in [0, 0.1) is 12.0 Å². The summed E-state index contributed by atoms with van der Waals surface area (Å²) in [7, 11) is 0. The zero-order valence-corrected chi connectivity index (χ0v) is 14.0. The van der Waals surface area contributed by atoms with Crippen LogP contribution in [0.2, 0.25) is 0 Å². The smallest absolute Gasteiger partial charge is 0.416 e. The van der Waals surface area contributed by atoms with Gasteiger partial charge in [0.1, 0.15) is 11.9 Å². The summed E-state index contributed by atoms with van der Waals surface area (Å²) < 4.78 is 43.5. The van der Waals surface area contributed by atoms with E-state index in [1.165, 1.54) is 12.1 Å². The van der Waals surface area contributed by atoms with Crippen molar-refractivity contribution in [3.8, 4) is 5.75 Å². The molecule has 1 spiro atoms. The standard InChI is InChI=1S/C20H17F3N2O/c1-24-15-4-6-16(7-5-15)25-12-19(13-25)10-18(11-19)26-17-8-2-14(3-9-17)20(21,22)23/h2-9,18H,10-13H2. The summed E-state index contributed by atoms with van der Waals surface area (Å²) in [5.74, 6) is 0.490. The fraction of sp³-hybridized carbons (Fsp3) is 0.350. The van der Waals surface area contributed by atoms with Crippen LogP contribution in [0.5, 0.6) is 5.75 Å². The van der Waals surface area contributed by atoms with Crippen LogP contribution in [0.3, 0.4) is 0 Å². The zero-order chi connectivity index (χ0) is 18.4. The number of alkyl halides is 3. The van der Waals surface area contributed by atoms with Crippen LogP contribution >= 0.6 is 0 Å². The summed E-state index contributed by atoms with van der Waals surface area (Å²) in [6.07, 6.45) is -2.41. The average molecular weight is 358 g/mol. The van der Waals surface area contributed by atoms with Crippen LogP contribution in [0.15, 0.2) is 48.5 Å². The topological polar surface area (TPSA) is 16.8 Å². The number of hydrogen-bond acceptors (Lipinski definition) is 2. The van der Waals surface area contributed by atoms with Gasteiger partial charge in [0, 0.05) is 24.2 Å². The quantitative estimate of drug-likeness (QED) is 0.692. The van der Waals surface area contributed by atoms with Crippen molar-refractivity contribution in [3.05, 3.63) is 65.5 Å². The lowest BCUT2D eigenvalue weighted by Gasteiger charge is -2.59. The number of benzene rings is 2. The van der Waals surface area contributed by atoms with E-state index in [2.05, 4.69) is 9.74 Å². The molecule has 134 valence electrons. The summed E-state index contributed by atoms with van der Waals surface area (Å²) in [6, 6.07) is 12.5. The van der Waals surface area contributed by atoms with E-state index in [-0.39, 0.29) is 11.5 Å². The fourth-order valence-electron chi connectivity index (χ4n) is 3.85. The molecule has 0 amide bonds. The van der Waals surface area contributed by atoms with Crippen LogP contribution in [-0.4, -0.2) is 19.2 Å². The van der Waals surface area contributed by atoms with E-state index >= 15 is 0 Å². The molecule has 2 fully saturated rings. The van der Waals surface area contributed by atoms with Crippen LogP contribution in [0.4, 0.5) is 24.5 Å². The minimum Gasteiger partial charge on any atom is -0.490 e. The molecule has 3 nitrogen and oxygen atoms in total. The highest BCUT2D eigenvalue weighted by molar-refractivity contribution is 5.57. The van der Waals surface area contributed by atoms with Crippen LogP contribution in [0.25, 0.3) is 4.85 Å². The molecule has 0 bridgehead atoms. The van der Waals surface area contributed by atoms with E-state index in [1.807, 2.05) is 24.3 Å². The lowest BCUT2D eigenvalue weighted by atomic mass is 9.61. The van der Waals surface area contributed by atoms with Crippen molar-refractivity contribution in [2.24, 2.45) is 5.41 Å². The van der Waals surface area contributed by atoms with E-state index in [0.717, 1.165) is 43.8 Å². The van der Waals surface area contributed by atoms with Gasteiger partial charge in [0.2, 0.25) is 0 Å². The highest BCUT2D eigenvalue weighted by Gasteiger charge is 2.53. The van der Waals surface area contributed by atoms with Crippen molar-refractivity contribution < 1.29 is 17.9 Å². The van der Waals surface area contributed by atoms with Crippen molar-refractivity contribution in [2.45, 2.75) is 25.1 Å². The highest BCUT2D eigenvalue weighted by Crippen LogP contribution is 2.51. The van der Waals surface area contributed by atoms with Crippen molar-refractivity contribution in [2.75, 3.05) is 18.0 Å². The molecular weight excluding hydrogens is 341 g/mol. The highest BCUT2D eigenvalue weighted by atomic mass is 19.4. The Morgan fingerprint density at radius 2 is 1.62 bits per heavy atom. The van der Waals surface area contributed by atoms with E-state index in [1.54, 1.807) is 0 Å². The lowest BCUT2D eigenvalue weighted by molar-refractivity contribution is -0.137. The number of hydrogen-bond donors (Lipinski definition) is 0. The molecular formula is C20H17F3N2O. The van der Waals surface area contributed by atoms with Gasteiger partial charge in [-0.2, -0.15) is 13.2 Å². The van der Waals surface area contributed by atoms with Crippen LogP contribution in [0.1, 0.15) is 18.4 Å². The Labute approximate surface area is 149 Å². The lowest BCUT2D eigenvalue weighted by Crippen LogP contribution is -2.64. The predicted octanol–water partition coefficient (Wildman–Crippen LogP) is 5.30. The minimum atomic E-state index is -4.32. The first-order valence-corrected chi connectivity index (χ1v) is 8.43.